The third-order valence-corrected chi connectivity index (χ3v) is 3.64. The van der Waals surface area contributed by atoms with Gasteiger partial charge in [0.2, 0.25) is 0 Å². The lowest BCUT2D eigenvalue weighted by Gasteiger charge is -2.28. The molecule has 0 aliphatic rings. The van der Waals surface area contributed by atoms with Gasteiger partial charge in [0, 0.05) is 25.6 Å². The maximum Gasteiger partial charge on any atom is 0.155 e. The molecule has 0 N–H and O–H groups in total. The molecule has 4 heteroatoms. The minimum absolute atomic E-state index is 0.396. The Morgan fingerprint density at radius 2 is 1.70 bits per heavy atom. The van der Waals surface area contributed by atoms with Crippen molar-refractivity contribution in [1.29, 1.82) is 0 Å². The van der Waals surface area contributed by atoms with Crippen LogP contribution in [-0.4, -0.2) is 42.0 Å². The Morgan fingerprint density at radius 3 is 2.17 bits per heavy atom. The van der Waals surface area contributed by atoms with Gasteiger partial charge in [0.1, 0.15) is 5.84 Å². The molecule has 0 aliphatic carbocycles. The minimum Gasteiger partial charge on any atom is -0.358 e. The van der Waals surface area contributed by atoms with Gasteiger partial charge in [0.15, 0.2) is 5.72 Å². The normalized spacial score (nSPS) is 13.3. The molecule has 1 aromatic carbocycles. The smallest absolute Gasteiger partial charge is 0.155 e. The maximum atomic E-state index is 5.43. The van der Waals surface area contributed by atoms with Crippen LogP contribution in [0.1, 0.15) is 47.1 Å². The van der Waals surface area contributed by atoms with Crippen molar-refractivity contribution < 1.29 is 4.74 Å². The standard InChI is InChI=1S/C19H31N3O/c1-15(2)22(16(3)4)14-20-18(21-19(5,6)23-7)13-17-11-9-8-10-12-17/h8-12,14-16H,13H2,1-7H3/b20-14?,21-18-. The number of methoxy groups -OCH3 is 1. The van der Waals surface area contributed by atoms with Crippen molar-refractivity contribution in [2.24, 2.45) is 9.98 Å². The predicted octanol–water partition coefficient (Wildman–Crippen LogP) is 4.16. The Labute approximate surface area is 141 Å². The highest BCUT2D eigenvalue weighted by Crippen LogP contribution is 2.12. The van der Waals surface area contributed by atoms with Crippen LogP contribution in [-0.2, 0) is 11.2 Å². The van der Waals surface area contributed by atoms with Crippen LogP contribution in [0.15, 0.2) is 40.3 Å². The first-order chi connectivity index (χ1) is 10.7. The van der Waals surface area contributed by atoms with Crippen molar-refractivity contribution >= 4 is 12.2 Å². The van der Waals surface area contributed by atoms with Gasteiger partial charge in [-0.2, -0.15) is 0 Å². The van der Waals surface area contributed by atoms with E-state index < -0.39 is 5.72 Å². The second-order valence-electron chi connectivity index (χ2n) is 6.72. The van der Waals surface area contributed by atoms with Crippen molar-refractivity contribution in [3.05, 3.63) is 35.9 Å². The number of ether oxygens (including phenoxy) is 1. The maximum absolute atomic E-state index is 5.43. The lowest BCUT2D eigenvalue weighted by Crippen LogP contribution is -2.36. The summed E-state index contributed by atoms with van der Waals surface area (Å²) >= 11 is 0. The highest BCUT2D eigenvalue weighted by Gasteiger charge is 2.16. The van der Waals surface area contributed by atoms with Crippen LogP contribution in [0.5, 0.6) is 0 Å². The molecule has 23 heavy (non-hydrogen) atoms. The molecule has 1 rings (SSSR count). The number of aliphatic imine (C=N–C) groups is 2. The third-order valence-electron chi connectivity index (χ3n) is 3.64. The Hall–Kier alpha value is -1.68. The van der Waals surface area contributed by atoms with Gasteiger partial charge >= 0.3 is 0 Å². The molecule has 0 fully saturated rings. The van der Waals surface area contributed by atoms with Crippen molar-refractivity contribution in [2.75, 3.05) is 7.11 Å². The van der Waals surface area contributed by atoms with E-state index >= 15 is 0 Å². The molecule has 0 aliphatic heterocycles. The zero-order valence-corrected chi connectivity index (χ0v) is 15.6. The zero-order chi connectivity index (χ0) is 17.5. The molecule has 0 atom stereocenters. The number of nitrogens with zero attached hydrogens (tertiary/aromatic N) is 3. The Morgan fingerprint density at radius 1 is 1.13 bits per heavy atom. The van der Waals surface area contributed by atoms with Gasteiger partial charge in [-0.25, -0.2) is 9.98 Å². The summed E-state index contributed by atoms with van der Waals surface area (Å²) in [7, 11) is 1.67. The van der Waals surface area contributed by atoms with Crippen LogP contribution in [0.2, 0.25) is 0 Å². The molecular formula is C19H31N3O. The number of hydrogen-bond acceptors (Lipinski definition) is 2. The Balaban J connectivity index is 3.04. The van der Waals surface area contributed by atoms with Crippen molar-refractivity contribution in [3.63, 3.8) is 0 Å². The van der Waals surface area contributed by atoms with E-state index in [4.69, 9.17) is 4.74 Å². The van der Waals surface area contributed by atoms with E-state index in [0.717, 1.165) is 5.84 Å². The van der Waals surface area contributed by atoms with Crippen molar-refractivity contribution in [2.45, 2.75) is 65.8 Å². The summed E-state index contributed by atoms with van der Waals surface area (Å²) in [6.45, 7) is 12.5. The van der Waals surface area contributed by atoms with Gasteiger partial charge in [0.25, 0.3) is 0 Å². The van der Waals surface area contributed by atoms with Gasteiger partial charge in [0.05, 0.1) is 6.34 Å². The monoisotopic (exact) mass is 317 g/mol. The highest BCUT2D eigenvalue weighted by atomic mass is 16.5. The average molecular weight is 317 g/mol. The van der Waals surface area contributed by atoms with E-state index in [1.165, 1.54) is 5.56 Å². The van der Waals surface area contributed by atoms with Crippen molar-refractivity contribution in [1.82, 2.24) is 4.90 Å². The molecule has 0 saturated carbocycles. The van der Waals surface area contributed by atoms with Crippen LogP contribution in [0.3, 0.4) is 0 Å². The molecule has 0 aromatic heterocycles. The summed E-state index contributed by atoms with van der Waals surface area (Å²) in [5.41, 5.74) is 0.609. The summed E-state index contributed by atoms with van der Waals surface area (Å²) in [5, 5.41) is 0. The molecule has 0 amide bonds. The van der Waals surface area contributed by atoms with Gasteiger partial charge in [-0.05, 0) is 47.1 Å². The first-order valence-corrected chi connectivity index (χ1v) is 8.24. The molecule has 0 heterocycles. The molecule has 0 saturated heterocycles. The first-order valence-electron chi connectivity index (χ1n) is 8.24. The van der Waals surface area contributed by atoms with Crippen molar-refractivity contribution in [3.8, 4) is 0 Å². The fourth-order valence-electron chi connectivity index (χ4n) is 2.25. The van der Waals surface area contributed by atoms with Gasteiger partial charge in [-0.3, -0.25) is 0 Å². The zero-order valence-electron chi connectivity index (χ0n) is 15.6. The summed E-state index contributed by atoms with van der Waals surface area (Å²) in [6.07, 6.45) is 2.59. The summed E-state index contributed by atoms with van der Waals surface area (Å²) in [4.78, 5) is 11.6. The lowest BCUT2D eigenvalue weighted by molar-refractivity contribution is 0.0308. The molecule has 0 radical (unpaired) electrons. The molecule has 1 aromatic rings. The van der Waals surface area contributed by atoms with Gasteiger partial charge < -0.3 is 9.64 Å². The van der Waals surface area contributed by atoms with E-state index in [1.807, 2.05) is 38.4 Å². The molecule has 128 valence electrons. The number of hydrogen-bond donors (Lipinski definition) is 0. The van der Waals surface area contributed by atoms with Gasteiger partial charge in [-0.1, -0.05) is 30.3 Å². The van der Waals surface area contributed by atoms with E-state index in [0.29, 0.717) is 18.5 Å². The molecule has 0 spiro atoms. The first kappa shape index (κ1) is 19.4. The fourth-order valence-corrected chi connectivity index (χ4v) is 2.25. The largest absolute Gasteiger partial charge is 0.358 e. The van der Waals surface area contributed by atoms with Crippen LogP contribution in [0.25, 0.3) is 0 Å². The van der Waals surface area contributed by atoms with E-state index in [2.05, 4.69) is 54.7 Å². The Kier molecular flexibility index (Phi) is 7.43. The lowest BCUT2D eigenvalue weighted by atomic mass is 10.1. The van der Waals surface area contributed by atoms with E-state index in [1.54, 1.807) is 7.11 Å². The average Bonchev–Trinajstić information content (AvgIpc) is 2.47. The van der Waals surface area contributed by atoms with E-state index in [9.17, 15) is 0 Å². The van der Waals surface area contributed by atoms with Crippen LogP contribution in [0, 0.1) is 0 Å². The fraction of sp³-hybridized carbons (Fsp3) is 0.579. The topological polar surface area (TPSA) is 37.2 Å². The number of amidine groups is 1. The van der Waals surface area contributed by atoms with Crippen LogP contribution < -0.4 is 0 Å². The summed E-state index contributed by atoms with van der Waals surface area (Å²) in [5.74, 6) is 0.773. The highest BCUT2D eigenvalue weighted by molar-refractivity contribution is 5.91. The van der Waals surface area contributed by atoms with Crippen LogP contribution in [0.4, 0.5) is 0 Å². The summed E-state index contributed by atoms with van der Waals surface area (Å²) < 4.78 is 5.43. The summed E-state index contributed by atoms with van der Waals surface area (Å²) in [6, 6.07) is 11.1. The van der Waals surface area contributed by atoms with Crippen LogP contribution >= 0.6 is 0 Å². The second-order valence-corrected chi connectivity index (χ2v) is 6.72. The quantitative estimate of drug-likeness (QED) is 0.559. The second kappa shape index (κ2) is 8.82. The molecular weight excluding hydrogens is 286 g/mol. The molecule has 0 bridgehead atoms. The number of rotatable bonds is 7. The molecule has 0 unspecified atom stereocenters. The number of benzene rings is 1. The minimum atomic E-state index is -0.581. The Bertz CT molecular complexity index is 511. The predicted molar refractivity (Wildman–Crippen MR) is 99.3 cm³/mol. The molecule has 4 nitrogen and oxygen atoms in total. The van der Waals surface area contributed by atoms with Gasteiger partial charge in [-0.15, -0.1) is 0 Å². The third kappa shape index (κ3) is 6.95. The van der Waals surface area contributed by atoms with E-state index in [-0.39, 0.29) is 0 Å². The SMILES string of the molecule is COC(C)(C)/N=C(/Cc1ccccc1)N=CN(C(C)C)C(C)C.